The fourth-order valence-electron chi connectivity index (χ4n) is 3.76. The lowest BCUT2D eigenvalue weighted by Gasteiger charge is -2.34. The Kier molecular flexibility index (Phi) is 7.41. The molecule has 0 spiro atoms. The highest BCUT2D eigenvalue weighted by molar-refractivity contribution is 5.85. The third-order valence-corrected chi connectivity index (χ3v) is 5.36. The van der Waals surface area contributed by atoms with Crippen LogP contribution in [0.4, 0.5) is 4.39 Å². The van der Waals surface area contributed by atoms with Crippen molar-refractivity contribution in [1.29, 1.82) is 0 Å². The Morgan fingerprint density at radius 1 is 1.13 bits per heavy atom. The molecule has 0 aliphatic carbocycles. The number of ether oxygens (including phenoxy) is 2. The molecule has 6 nitrogen and oxygen atoms in total. The standard InChI is InChI=1S/C23H27FN2O4/c1-29-21-11-10-18(24)13-19(21)17-8-6-16(7-9-17)15-26-12-4-3-5-20(26)23(28)25-14-22(27)30-2/h6-11,13,20H,3-5,12,14-15H2,1-2H3,(H,25,28). The number of esters is 1. The van der Waals surface area contributed by atoms with E-state index in [4.69, 9.17) is 4.74 Å². The van der Waals surface area contributed by atoms with Crippen LogP contribution in [0, 0.1) is 5.82 Å². The molecule has 1 atom stereocenters. The number of carbonyl (C=O) groups is 2. The summed E-state index contributed by atoms with van der Waals surface area (Å²) < 4.78 is 23.6. The number of rotatable bonds is 7. The predicted molar refractivity (Wildman–Crippen MR) is 111 cm³/mol. The molecule has 1 unspecified atom stereocenters. The summed E-state index contributed by atoms with van der Waals surface area (Å²) in [5, 5.41) is 2.66. The van der Waals surface area contributed by atoms with Gasteiger partial charge in [-0.2, -0.15) is 0 Å². The minimum Gasteiger partial charge on any atom is -0.496 e. The van der Waals surface area contributed by atoms with Crippen LogP contribution in [-0.2, 0) is 20.9 Å². The second-order valence-electron chi connectivity index (χ2n) is 7.32. The first-order valence-electron chi connectivity index (χ1n) is 10.0. The molecule has 160 valence electrons. The van der Waals surface area contributed by atoms with Gasteiger partial charge in [-0.05, 0) is 48.7 Å². The highest BCUT2D eigenvalue weighted by Gasteiger charge is 2.28. The van der Waals surface area contributed by atoms with Crippen molar-refractivity contribution in [2.24, 2.45) is 0 Å². The van der Waals surface area contributed by atoms with Crippen LogP contribution in [0.3, 0.4) is 0 Å². The molecule has 1 aliphatic rings. The van der Waals surface area contributed by atoms with Gasteiger partial charge in [-0.1, -0.05) is 30.7 Å². The number of methoxy groups -OCH3 is 2. The van der Waals surface area contributed by atoms with Crippen molar-refractivity contribution in [1.82, 2.24) is 10.2 Å². The molecule has 0 saturated carbocycles. The van der Waals surface area contributed by atoms with E-state index in [9.17, 15) is 14.0 Å². The van der Waals surface area contributed by atoms with Crippen molar-refractivity contribution in [2.45, 2.75) is 31.8 Å². The van der Waals surface area contributed by atoms with Crippen LogP contribution in [0.1, 0.15) is 24.8 Å². The van der Waals surface area contributed by atoms with Crippen LogP contribution in [0.15, 0.2) is 42.5 Å². The largest absolute Gasteiger partial charge is 0.496 e. The van der Waals surface area contributed by atoms with Gasteiger partial charge in [-0.3, -0.25) is 14.5 Å². The third-order valence-electron chi connectivity index (χ3n) is 5.36. The summed E-state index contributed by atoms with van der Waals surface area (Å²) in [6.45, 7) is 1.32. The van der Waals surface area contributed by atoms with Crippen molar-refractivity contribution < 1.29 is 23.5 Å². The third kappa shape index (κ3) is 5.36. The van der Waals surface area contributed by atoms with Crippen molar-refractivity contribution in [3.63, 3.8) is 0 Å². The van der Waals surface area contributed by atoms with E-state index >= 15 is 0 Å². The van der Waals surface area contributed by atoms with E-state index < -0.39 is 5.97 Å². The molecule has 1 fully saturated rings. The van der Waals surface area contributed by atoms with E-state index in [0.29, 0.717) is 17.9 Å². The van der Waals surface area contributed by atoms with E-state index in [-0.39, 0.29) is 24.3 Å². The van der Waals surface area contributed by atoms with Gasteiger partial charge in [-0.25, -0.2) is 4.39 Å². The summed E-state index contributed by atoms with van der Waals surface area (Å²) in [6.07, 6.45) is 2.76. The number of hydrogen-bond donors (Lipinski definition) is 1. The van der Waals surface area contributed by atoms with E-state index in [0.717, 1.165) is 36.9 Å². The molecule has 1 saturated heterocycles. The minimum absolute atomic E-state index is 0.121. The first kappa shape index (κ1) is 21.8. The first-order chi connectivity index (χ1) is 14.5. The molecular formula is C23H27FN2O4. The Bertz CT molecular complexity index is 885. The zero-order valence-corrected chi connectivity index (χ0v) is 17.3. The van der Waals surface area contributed by atoms with E-state index in [1.165, 1.54) is 19.2 Å². The summed E-state index contributed by atoms with van der Waals surface area (Å²) in [4.78, 5) is 26.0. The molecule has 2 aromatic carbocycles. The predicted octanol–water partition coefficient (Wildman–Crippen LogP) is 3.15. The minimum atomic E-state index is -0.464. The van der Waals surface area contributed by atoms with E-state index in [1.54, 1.807) is 13.2 Å². The number of carbonyl (C=O) groups excluding carboxylic acids is 2. The lowest BCUT2D eigenvalue weighted by atomic mass is 9.99. The maximum absolute atomic E-state index is 13.7. The molecule has 1 amide bonds. The van der Waals surface area contributed by atoms with Crippen LogP contribution in [0.2, 0.25) is 0 Å². The summed E-state index contributed by atoms with van der Waals surface area (Å²) in [5.41, 5.74) is 2.62. The Morgan fingerprint density at radius 2 is 1.90 bits per heavy atom. The van der Waals surface area contributed by atoms with Gasteiger partial charge < -0.3 is 14.8 Å². The number of nitrogens with one attached hydrogen (secondary N) is 1. The zero-order chi connectivity index (χ0) is 21.5. The quantitative estimate of drug-likeness (QED) is 0.705. The molecule has 30 heavy (non-hydrogen) atoms. The fourth-order valence-corrected chi connectivity index (χ4v) is 3.76. The average Bonchev–Trinajstić information content (AvgIpc) is 2.78. The zero-order valence-electron chi connectivity index (χ0n) is 17.3. The lowest BCUT2D eigenvalue weighted by Crippen LogP contribution is -2.50. The molecule has 3 rings (SSSR count). The van der Waals surface area contributed by atoms with Gasteiger partial charge in [0, 0.05) is 12.1 Å². The number of amides is 1. The average molecular weight is 414 g/mol. The molecule has 0 bridgehead atoms. The van der Waals surface area contributed by atoms with Gasteiger partial charge in [0.25, 0.3) is 0 Å². The number of hydrogen-bond acceptors (Lipinski definition) is 5. The van der Waals surface area contributed by atoms with Gasteiger partial charge in [0.15, 0.2) is 0 Å². The van der Waals surface area contributed by atoms with Crippen molar-refractivity contribution in [2.75, 3.05) is 27.3 Å². The summed E-state index contributed by atoms with van der Waals surface area (Å²) in [5.74, 6) is -0.318. The Morgan fingerprint density at radius 3 is 2.60 bits per heavy atom. The van der Waals surface area contributed by atoms with Crippen LogP contribution in [0.25, 0.3) is 11.1 Å². The number of halogens is 1. The Hall–Kier alpha value is -2.93. The Labute approximate surface area is 176 Å². The highest BCUT2D eigenvalue weighted by atomic mass is 19.1. The van der Waals surface area contributed by atoms with E-state index in [2.05, 4.69) is 15.0 Å². The van der Waals surface area contributed by atoms with Gasteiger partial charge in [0.05, 0.1) is 20.3 Å². The fraction of sp³-hybridized carbons (Fsp3) is 0.391. The summed E-state index contributed by atoms with van der Waals surface area (Å²) >= 11 is 0. The van der Waals surface area contributed by atoms with Crippen molar-refractivity contribution >= 4 is 11.9 Å². The number of piperidine rings is 1. The monoisotopic (exact) mass is 414 g/mol. The summed E-state index contributed by atoms with van der Waals surface area (Å²) in [6, 6.07) is 12.0. The van der Waals surface area contributed by atoms with Crippen LogP contribution in [-0.4, -0.2) is 50.1 Å². The van der Waals surface area contributed by atoms with Gasteiger partial charge in [-0.15, -0.1) is 0 Å². The molecule has 1 N–H and O–H groups in total. The van der Waals surface area contributed by atoms with Crippen LogP contribution >= 0.6 is 0 Å². The topological polar surface area (TPSA) is 67.9 Å². The molecule has 0 aromatic heterocycles. The van der Waals surface area contributed by atoms with Crippen molar-refractivity contribution in [3.05, 3.63) is 53.8 Å². The SMILES string of the molecule is COC(=O)CNC(=O)C1CCCCN1Cc1ccc(-c2cc(F)ccc2OC)cc1. The maximum Gasteiger partial charge on any atom is 0.325 e. The Balaban J connectivity index is 1.69. The molecule has 7 heteroatoms. The second-order valence-corrected chi connectivity index (χ2v) is 7.32. The van der Waals surface area contributed by atoms with Gasteiger partial charge >= 0.3 is 5.97 Å². The second kappa shape index (κ2) is 10.2. The van der Waals surface area contributed by atoms with Gasteiger partial charge in [0.2, 0.25) is 5.91 Å². The first-order valence-corrected chi connectivity index (χ1v) is 10.0. The van der Waals surface area contributed by atoms with Crippen molar-refractivity contribution in [3.8, 4) is 16.9 Å². The van der Waals surface area contributed by atoms with Crippen LogP contribution < -0.4 is 10.1 Å². The number of likely N-dealkylation sites (tertiary alicyclic amines) is 1. The molecule has 2 aromatic rings. The number of benzene rings is 2. The highest BCUT2D eigenvalue weighted by Crippen LogP contribution is 2.31. The normalized spacial score (nSPS) is 16.7. The smallest absolute Gasteiger partial charge is 0.325 e. The van der Waals surface area contributed by atoms with E-state index in [1.807, 2.05) is 24.3 Å². The molecule has 1 heterocycles. The molecular weight excluding hydrogens is 387 g/mol. The van der Waals surface area contributed by atoms with Crippen LogP contribution in [0.5, 0.6) is 5.75 Å². The van der Waals surface area contributed by atoms with Gasteiger partial charge in [0.1, 0.15) is 18.1 Å². The molecule has 1 aliphatic heterocycles. The lowest BCUT2D eigenvalue weighted by molar-refractivity contribution is -0.142. The molecule has 0 radical (unpaired) electrons. The summed E-state index contributed by atoms with van der Waals surface area (Å²) in [7, 11) is 2.86. The maximum atomic E-state index is 13.7. The number of nitrogens with zero attached hydrogens (tertiary/aromatic N) is 1.